The molecule has 0 spiro atoms. The lowest BCUT2D eigenvalue weighted by Gasteiger charge is -2.27. The predicted octanol–water partition coefficient (Wildman–Crippen LogP) is 2.47. The van der Waals surface area contributed by atoms with Crippen molar-refractivity contribution in [2.24, 2.45) is 0 Å². The van der Waals surface area contributed by atoms with Crippen LogP contribution in [0.3, 0.4) is 0 Å². The molecule has 1 aliphatic carbocycles. The summed E-state index contributed by atoms with van der Waals surface area (Å²) >= 11 is 11.5. The second-order valence-electron chi connectivity index (χ2n) is 4.52. The smallest absolute Gasteiger partial charge is 0.289 e. The summed E-state index contributed by atoms with van der Waals surface area (Å²) in [6.45, 7) is 0. The first-order valence-electron chi connectivity index (χ1n) is 6.12. The SMILES string of the molecule is CO[C@H]1CC[C@H](NC(=O)c2nc(Cl)cc(Cl)n2)CC1. The van der Waals surface area contributed by atoms with E-state index in [1.165, 1.54) is 6.07 Å². The van der Waals surface area contributed by atoms with Gasteiger partial charge in [-0.2, -0.15) is 0 Å². The molecule has 1 amide bonds. The third-order valence-electron chi connectivity index (χ3n) is 3.21. The van der Waals surface area contributed by atoms with Crippen LogP contribution in [0.2, 0.25) is 10.3 Å². The monoisotopic (exact) mass is 303 g/mol. The zero-order chi connectivity index (χ0) is 13.8. The van der Waals surface area contributed by atoms with Crippen molar-refractivity contribution in [3.63, 3.8) is 0 Å². The molecule has 1 heterocycles. The number of nitrogens with one attached hydrogen (secondary N) is 1. The molecule has 0 aromatic carbocycles. The van der Waals surface area contributed by atoms with Gasteiger partial charge in [0.05, 0.1) is 6.10 Å². The van der Waals surface area contributed by atoms with Gasteiger partial charge in [-0.3, -0.25) is 4.79 Å². The molecule has 1 saturated carbocycles. The Balaban J connectivity index is 1.94. The number of methoxy groups -OCH3 is 1. The topological polar surface area (TPSA) is 64.1 Å². The molecule has 0 unspecified atom stereocenters. The minimum Gasteiger partial charge on any atom is -0.381 e. The Morgan fingerprint density at radius 2 is 1.84 bits per heavy atom. The second-order valence-corrected chi connectivity index (χ2v) is 5.29. The number of rotatable bonds is 3. The maximum absolute atomic E-state index is 12.0. The van der Waals surface area contributed by atoms with E-state index in [2.05, 4.69) is 15.3 Å². The van der Waals surface area contributed by atoms with Gasteiger partial charge in [0.1, 0.15) is 10.3 Å². The number of ether oxygens (including phenoxy) is 1. The van der Waals surface area contributed by atoms with Crippen LogP contribution in [0.25, 0.3) is 0 Å². The van der Waals surface area contributed by atoms with E-state index in [0.717, 1.165) is 25.7 Å². The van der Waals surface area contributed by atoms with E-state index >= 15 is 0 Å². The molecule has 0 aliphatic heterocycles. The van der Waals surface area contributed by atoms with Crippen molar-refractivity contribution in [3.05, 3.63) is 22.2 Å². The highest BCUT2D eigenvalue weighted by molar-refractivity contribution is 6.33. The maximum atomic E-state index is 12.0. The molecular weight excluding hydrogens is 289 g/mol. The molecule has 7 heteroatoms. The zero-order valence-corrected chi connectivity index (χ0v) is 12.0. The summed E-state index contributed by atoms with van der Waals surface area (Å²) in [7, 11) is 1.71. The quantitative estimate of drug-likeness (QED) is 0.871. The van der Waals surface area contributed by atoms with E-state index in [-0.39, 0.29) is 28.1 Å². The van der Waals surface area contributed by atoms with Crippen LogP contribution in [0.5, 0.6) is 0 Å². The van der Waals surface area contributed by atoms with Crippen LogP contribution in [0.15, 0.2) is 6.07 Å². The summed E-state index contributed by atoms with van der Waals surface area (Å²) in [4.78, 5) is 19.7. The largest absolute Gasteiger partial charge is 0.381 e. The van der Waals surface area contributed by atoms with Crippen molar-refractivity contribution in [1.82, 2.24) is 15.3 Å². The van der Waals surface area contributed by atoms with Crippen LogP contribution >= 0.6 is 23.2 Å². The lowest BCUT2D eigenvalue weighted by atomic mass is 9.93. The van der Waals surface area contributed by atoms with Gasteiger partial charge in [0.25, 0.3) is 5.91 Å². The standard InChI is InChI=1S/C12H15Cl2N3O2/c1-19-8-4-2-7(3-5-8)15-12(18)11-16-9(13)6-10(14)17-11/h6-8H,2-5H2,1H3,(H,15,18)/t7-,8-. The fourth-order valence-corrected chi connectivity index (χ4v) is 2.61. The number of carbonyl (C=O) groups excluding carboxylic acids is 1. The number of amides is 1. The summed E-state index contributed by atoms with van der Waals surface area (Å²) in [6.07, 6.45) is 3.96. The number of hydrogen-bond donors (Lipinski definition) is 1. The first-order valence-corrected chi connectivity index (χ1v) is 6.88. The molecule has 1 aliphatic rings. The van der Waals surface area contributed by atoms with Crippen LogP contribution < -0.4 is 5.32 Å². The van der Waals surface area contributed by atoms with Crippen LogP contribution in [0.4, 0.5) is 0 Å². The van der Waals surface area contributed by atoms with Gasteiger partial charge in [0.2, 0.25) is 5.82 Å². The van der Waals surface area contributed by atoms with E-state index < -0.39 is 0 Å². The molecule has 0 saturated heterocycles. The molecule has 1 N–H and O–H groups in total. The molecule has 1 aromatic heterocycles. The van der Waals surface area contributed by atoms with Crippen LogP contribution in [0.1, 0.15) is 36.3 Å². The van der Waals surface area contributed by atoms with Crippen LogP contribution in [-0.2, 0) is 4.74 Å². The van der Waals surface area contributed by atoms with Gasteiger partial charge in [0.15, 0.2) is 0 Å². The Hall–Kier alpha value is -0.910. The Kier molecular flexibility index (Phi) is 4.96. The average Bonchev–Trinajstić information content (AvgIpc) is 2.38. The molecule has 19 heavy (non-hydrogen) atoms. The molecule has 104 valence electrons. The van der Waals surface area contributed by atoms with Crippen LogP contribution in [0, 0.1) is 0 Å². The van der Waals surface area contributed by atoms with E-state index in [9.17, 15) is 4.79 Å². The van der Waals surface area contributed by atoms with E-state index in [0.29, 0.717) is 6.10 Å². The average molecular weight is 304 g/mol. The highest BCUT2D eigenvalue weighted by Crippen LogP contribution is 2.21. The van der Waals surface area contributed by atoms with E-state index in [4.69, 9.17) is 27.9 Å². The Morgan fingerprint density at radius 3 is 2.37 bits per heavy atom. The normalized spacial score (nSPS) is 23.1. The van der Waals surface area contributed by atoms with Gasteiger partial charge in [-0.15, -0.1) is 0 Å². The maximum Gasteiger partial charge on any atom is 0.289 e. The van der Waals surface area contributed by atoms with Gasteiger partial charge >= 0.3 is 0 Å². The van der Waals surface area contributed by atoms with Gasteiger partial charge in [-0.1, -0.05) is 23.2 Å². The number of nitrogens with zero attached hydrogens (tertiary/aromatic N) is 2. The summed E-state index contributed by atoms with van der Waals surface area (Å²) in [6, 6.07) is 1.52. The van der Waals surface area contributed by atoms with Crippen molar-refractivity contribution in [3.8, 4) is 0 Å². The Labute approximate surface area is 121 Å². The van der Waals surface area contributed by atoms with Crippen molar-refractivity contribution in [2.75, 3.05) is 7.11 Å². The highest BCUT2D eigenvalue weighted by atomic mass is 35.5. The Morgan fingerprint density at radius 1 is 1.26 bits per heavy atom. The van der Waals surface area contributed by atoms with Crippen molar-refractivity contribution >= 4 is 29.1 Å². The molecule has 1 aromatic rings. The first kappa shape index (κ1) is 14.5. The van der Waals surface area contributed by atoms with Crippen molar-refractivity contribution in [1.29, 1.82) is 0 Å². The molecule has 0 atom stereocenters. The van der Waals surface area contributed by atoms with Crippen molar-refractivity contribution < 1.29 is 9.53 Å². The summed E-state index contributed by atoms with van der Waals surface area (Å²) in [5.41, 5.74) is 0. The lowest BCUT2D eigenvalue weighted by molar-refractivity contribution is 0.0597. The molecule has 0 bridgehead atoms. The fourth-order valence-electron chi connectivity index (χ4n) is 2.18. The molecular formula is C12H15Cl2N3O2. The van der Waals surface area contributed by atoms with Gasteiger partial charge in [0, 0.05) is 19.2 Å². The van der Waals surface area contributed by atoms with E-state index in [1.807, 2.05) is 0 Å². The van der Waals surface area contributed by atoms with E-state index in [1.54, 1.807) is 7.11 Å². The third-order valence-corrected chi connectivity index (χ3v) is 3.60. The second kappa shape index (κ2) is 6.50. The Bertz CT molecular complexity index is 442. The number of hydrogen-bond acceptors (Lipinski definition) is 4. The van der Waals surface area contributed by atoms with Gasteiger partial charge in [-0.05, 0) is 25.7 Å². The number of aromatic nitrogens is 2. The first-order chi connectivity index (χ1) is 9.08. The highest BCUT2D eigenvalue weighted by Gasteiger charge is 2.23. The molecule has 1 fully saturated rings. The van der Waals surface area contributed by atoms with Gasteiger partial charge in [-0.25, -0.2) is 9.97 Å². The summed E-state index contributed by atoms with van der Waals surface area (Å²) in [5, 5.41) is 3.22. The fraction of sp³-hybridized carbons (Fsp3) is 0.583. The third kappa shape index (κ3) is 4.03. The predicted molar refractivity (Wildman–Crippen MR) is 72.6 cm³/mol. The number of carbonyl (C=O) groups is 1. The lowest BCUT2D eigenvalue weighted by Crippen LogP contribution is -2.39. The minimum absolute atomic E-state index is 0.00589. The number of halogens is 2. The molecule has 2 rings (SSSR count). The minimum atomic E-state index is -0.342. The van der Waals surface area contributed by atoms with Gasteiger partial charge < -0.3 is 10.1 Å². The zero-order valence-electron chi connectivity index (χ0n) is 10.5. The molecule has 5 nitrogen and oxygen atoms in total. The van der Waals surface area contributed by atoms with Crippen LogP contribution in [-0.4, -0.2) is 35.1 Å². The molecule has 0 radical (unpaired) electrons. The summed E-state index contributed by atoms with van der Waals surface area (Å²) in [5.74, 6) is -0.336. The summed E-state index contributed by atoms with van der Waals surface area (Å²) < 4.78 is 5.29. The van der Waals surface area contributed by atoms with Crippen molar-refractivity contribution in [2.45, 2.75) is 37.8 Å².